The van der Waals surface area contributed by atoms with Gasteiger partial charge in [-0.25, -0.2) is 9.97 Å². The van der Waals surface area contributed by atoms with Gasteiger partial charge in [0.1, 0.15) is 11.5 Å². The number of hydrogen-bond donors (Lipinski definition) is 1. The third-order valence-electron chi connectivity index (χ3n) is 3.90. The molecule has 0 aromatic carbocycles. The molecule has 0 unspecified atom stereocenters. The van der Waals surface area contributed by atoms with Crippen molar-refractivity contribution in [3.63, 3.8) is 0 Å². The molecule has 0 spiro atoms. The lowest BCUT2D eigenvalue weighted by Crippen LogP contribution is -2.39. The number of carbonyl (C=O) groups excluding carboxylic acids is 1. The van der Waals surface area contributed by atoms with Gasteiger partial charge >= 0.3 is 0 Å². The minimum Gasteiger partial charge on any atom is -0.379 e. The highest BCUT2D eigenvalue weighted by molar-refractivity contribution is 5.91. The van der Waals surface area contributed by atoms with Crippen LogP contribution in [0.5, 0.6) is 0 Å². The van der Waals surface area contributed by atoms with Gasteiger partial charge in [-0.2, -0.15) is 0 Å². The number of carbonyl (C=O) groups is 1. The van der Waals surface area contributed by atoms with Gasteiger partial charge in [-0.3, -0.25) is 9.69 Å². The maximum absolute atomic E-state index is 12.2. The van der Waals surface area contributed by atoms with Crippen molar-refractivity contribution in [2.45, 2.75) is 19.8 Å². The van der Waals surface area contributed by atoms with E-state index in [9.17, 15) is 4.79 Å². The molecule has 0 bridgehead atoms. The Kier molecular flexibility index (Phi) is 7.22. The first kappa shape index (κ1) is 17.6. The minimum atomic E-state index is -0.0779. The van der Waals surface area contributed by atoms with Gasteiger partial charge in [0.15, 0.2) is 0 Å². The van der Waals surface area contributed by atoms with E-state index in [4.69, 9.17) is 4.74 Å². The normalized spacial score (nSPS) is 15.4. The van der Waals surface area contributed by atoms with Crippen LogP contribution in [0.2, 0.25) is 0 Å². The van der Waals surface area contributed by atoms with Crippen molar-refractivity contribution in [3.05, 3.63) is 18.1 Å². The zero-order chi connectivity index (χ0) is 16.5. The third kappa shape index (κ3) is 5.76. The molecule has 7 nitrogen and oxygen atoms in total. The Morgan fingerprint density at radius 3 is 2.78 bits per heavy atom. The highest BCUT2D eigenvalue weighted by Crippen LogP contribution is 2.05. The van der Waals surface area contributed by atoms with E-state index in [1.165, 1.54) is 0 Å². The first-order valence-corrected chi connectivity index (χ1v) is 8.32. The standard InChI is InChI=1S/C16H27N5O2/c1-3-4-6-20(2)16(22)14-12-19-15(13-18-14)17-5-7-21-8-10-23-11-9-21/h12-13H,3-11H2,1-2H3,(H,17,19). The lowest BCUT2D eigenvalue weighted by Gasteiger charge is -2.26. The van der Waals surface area contributed by atoms with Crippen LogP contribution in [0.4, 0.5) is 5.82 Å². The van der Waals surface area contributed by atoms with Crippen LogP contribution in [0.15, 0.2) is 12.4 Å². The maximum Gasteiger partial charge on any atom is 0.273 e. The van der Waals surface area contributed by atoms with Gasteiger partial charge in [0, 0.05) is 39.8 Å². The summed E-state index contributed by atoms with van der Waals surface area (Å²) in [6.45, 7) is 8.18. The molecule has 1 fully saturated rings. The Morgan fingerprint density at radius 2 is 2.13 bits per heavy atom. The summed E-state index contributed by atoms with van der Waals surface area (Å²) >= 11 is 0. The summed E-state index contributed by atoms with van der Waals surface area (Å²) in [4.78, 5) is 24.7. The Balaban J connectivity index is 1.76. The van der Waals surface area contributed by atoms with E-state index in [-0.39, 0.29) is 5.91 Å². The summed E-state index contributed by atoms with van der Waals surface area (Å²) < 4.78 is 5.32. The summed E-state index contributed by atoms with van der Waals surface area (Å²) in [7, 11) is 1.80. The molecule has 1 N–H and O–H groups in total. The molecule has 0 atom stereocenters. The number of unbranched alkanes of at least 4 members (excludes halogenated alkanes) is 1. The largest absolute Gasteiger partial charge is 0.379 e. The molecule has 0 aliphatic carbocycles. The second-order valence-electron chi connectivity index (χ2n) is 5.75. The molecule has 2 rings (SSSR count). The summed E-state index contributed by atoms with van der Waals surface area (Å²) in [5.74, 6) is 0.622. The summed E-state index contributed by atoms with van der Waals surface area (Å²) in [5.41, 5.74) is 0.391. The van der Waals surface area contributed by atoms with Gasteiger partial charge in [-0.1, -0.05) is 13.3 Å². The molecule has 23 heavy (non-hydrogen) atoms. The zero-order valence-electron chi connectivity index (χ0n) is 14.1. The molecule has 2 heterocycles. The van der Waals surface area contributed by atoms with Gasteiger partial charge in [0.25, 0.3) is 5.91 Å². The van der Waals surface area contributed by atoms with Crippen molar-refractivity contribution < 1.29 is 9.53 Å². The second kappa shape index (κ2) is 9.42. The van der Waals surface area contributed by atoms with Gasteiger partial charge in [-0.05, 0) is 6.42 Å². The van der Waals surface area contributed by atoms with Crippen LogP contribution in [0, 0.1) is 0 Å². The first-order chi connectivity index (χ1) is 11.2. The van der Waals surface area contributed by atoms with Crippen molar-refractivity contribution in [1.82, 2.24) is 19.8 Å². The predicted octanol–water partition coefficient (Wildman–Crippen LogP) is 1.09. The molecule has 1 aromatic rings. The smallest absolute Gasteiger partial charge is 0.273 e. The van der Waals surface area contributed by atoms with Crippen molar-refractivity contribution in [2.24, 2.45) is 0 Å². The summed E-state index contributed by atoms with van der Waals surface area (Å²) in [6, 6.07) is 0. The Bertz CT molecular complexity index is 474. The number of amides is 1. The van der Waals surface area contributed by atoms with Crippen LogP contribution in [0.1, 0.15) is 30.3 Å². The SMILES string of the molecule is CCCCN(C)C(=O)c1cnc(NCCN2CCOCC2)cn1. The highest BCUT2D eigenvalue weighted by atomic mass is 16.5. The molecular formula is C16H27N5O2. The molecule has 1 aliphatic rings. The number of rotatable bonds is 8. The number of ether oxygens (including phenoxy) is 1. The summed E-state index contributed by atoms with van der Waals surface area (Å²) in [5, 5.41) is 3.24. The first-order valence-electron chi connectivity index (χ1n) is 8.32. The lowest BCUT2D eigenvalue weighted by molar-refractivity contribution is 0.0398. The Morgan fingerprint density at radius 1 is 1.35 bits per heavy atom. The van der Waals surface area contributed by atoms with Crippen LogP contribution in [0.25, 0.3) is 0 Å². The van der Waals surface area contributed by atoms with Crippen LogP contribution < -0.4 is 5.32 Å². The number of nitrogens with zero attached hydrogens (tertiary/aromatic N) is 4. The monoisotopic (exact) mass is 321 g/mol. The zero-order valence-corrected chi connectivity index (χ0v) is 14.1. The molecule has 128 valence electrons. The predicted molar refractivity (Wildman–Crippen MR) is 89.6 cm³/mol. The van der Waals surface area contributed by atoms with E-state index in [1.807, 2.05) is 0 Å². The molecule has 1 aromatic heterocycles. The number of aromatic nitrogens is 2. The minimum absolute atomic E-state index is 0.0779. The van der Waals surface area contributed by atoms with E-state index in [0.29, 0.717) is 11.5 Å². The maximum atomic E-state index is 12.2. The third-order valence-corrected chi connectivity index (χ3v) is 3.90. The van der Waals surface area contributed by atoms with Crippen LogP contribution >= 0.6 is 0 Å². The molecule has 0 saturated carbocycles. The Labute approximate surface area is 138 Å². The van der Waals surface area contributed by atoms with Crippen molar-refractivity contribution >= 4 is 11.7 Å². The van der Waals surface area contributed by atoms with E-state index >= 15 is 0 Å². The van der Waals surface area contributed by atoms with E-state index in [0.717, 1.165) is 58.8 Å². The van der Waals surface area contributed by atoms with Crippen molar-refractivity contribution in [2.75, 3.05) is 58.3 Å². The fourth-order valence-corrected chi connectivity index (χ4v) is 2.39. The summed E-state index contributed by atoms with van der Waals surface area (Å²) in [6.07, 6.45) is 5.23. The lowest BCUT2D eigenvalue weighted by atomic mass is 10.3. The number of anilines is 1. The van der Waals surface area contributed by atoms with Gasteiger partial charge in [0.05, 0.1) is 25.6 Å². The Hall–Kier alpha value is -1.73. The van der Waals surface area contributed by atoms with E-state index in [2.05, 4.69) is 27.1 Å². The average Bonchev–Trinajstić information content (AvgIpc) is 2.60. The molecule has 1 aliphatic heterocycles. The van der Waals surface area contributed by atoms with Gasteiger partial charge in [-0.15, -0.1) is 0 Å². The number of morpholine rings is 1. The van der Waals surface area contributed by atoms with Crippen LogP contribution in [-0.2, 0) is 4.74 Å². The quantitative estimate of drug-likeness (QED) is 0.773. The molecular weight excluding hydrogens is 294 g/mol. The van der Waals surface area contributed by atoms with Gasteiger partial charge in [0.2, 0.25) is 0 Å². The number of nitrogens with one attached hydrogen (secondary N) is 1. The van der Waals surface area contributed by atoms with Crippen molar-refractivity contribution in [1.29, 1.82) is 0 Å². The van der Waals surface area contributed by atoms with Gasteiger partial charge < -0.3 is 15.0 Å². The van der Waals surface area contributed by atoms with E-state index in [1.54, 1.807) is 24.3 Å². The molecule has 1 amide bonds. The van der Waals surface area contributed by atoms with Crippen molar-refractivity contribution in [3.8, 4) is 0 Å². The second-order valence-corrected chi connectivity index (χ2v) is 5.75. The molecule has 7 heteroatoms. The fraction of sp³-hybridized carbons (Fsp3) is 0.688. The number of hydrogen-bond acceptors (Lipinski definition) is 6. The molecule has 0 radical (unpaired) electrons. The fourth-order valence-electron chi connectivity index (χ4n) is 2.39. The van der Waals surface area contributed by atoms with Crippen LogP contribution in [-0.4, -0.2) is 78.7 Å². The highest BCUT2D eigenvalue weighted by Gasteiger charge is 2.13. The molecule has 1 saturated heterocycles. The van der Waals surface area contributed by atoms with Crippen LogP contribution in [0.3, 0.4) is 0 Å². The topological polar surface area (TPSA) is 70.6 Å². The average molecular weight is 321 g/mol. The van der Waals surface area contributed by atoms with E-state index < -0.39 is 0 Å².